The largest absolute Gasteiger partial charge is 0.476 e. The molecule has 1 aliphatic rings. The molecular weight excluding hydrogens is 310 g/mol. The van der Waals surface area contributed by atoms with Crippen molar-refractivity contribution in [1.29, 1.82) is 0 Å². The number of hydrogen-bond donors (Lipinski definition) is 0. The molecule has 2 aromatic rings. The van der Waals surface area contributed by atoms with Crippen LogP contribution in [0.3, 0.4) is 0 Å². The first kappa shape index (κ1) is 17.6. The van der Waals surface area contributed by atoms with E-state index in [1.54, 1.807) is 6.20 Å². The van der Waals surface area contributed by atoms with E-state index in [1.807, 2.05) is 18.2 Å². The highest BCUT2D eigenvalue weighted by Crippen LogP contribution is 2.20. The van der Waals surface area contributed by atoms with Crippen LogP contribution < -0.4 is 9.64 Å². The molecule has 0 bridgehead atoms. The van der Waals surface area contributed by atoms with Crippen LogP contribution in [0, 0.1) is 6.92 Å². The second-order valence-electron chi connectivity index (χ2n) is 5.63. The topological polar surface area (TPSA) is 28.6 Å². The Morgan fingerprint density at radius 1 is 1.00 bits per heavy atom. The third-order valence-corrected chi connectivity index (χ3v) is 4.12. The van der Waals surface area contributed by atoms with Crippen molar-refractivity contribution >= 4 is 18.1 Å². The van der Waals surface area contributed by atoms with Gasteiger partial charge in [0.1, 0.15) is 6.61 Å². The Hall–Kier alpha value is -1.78. The van der Waals surface area contributed by atoms with Crippen LogP contribution in [0.15, 0.2) is 48.7 Å². The number of rotatable bonds is 5. The predicted octanol–water partition coefficient (Wildman–Crippen LogP) is 3.01. The summed E-state index contributed by atoms with van der Waals surface area (Å²) >= 11 is 0. The fourth-order valence-electron chi connectivity index (χ4n) is 2.84. The van der Waals surface area contributed by atoms with Gasteiger partial charge in [-0.25, -0.2) is 4.98 Å². The Labute approximate surface area is 144 Å². The molecular formula is C18H24ClN3O. The van der Waals surface area contributed by atoms with Gasteiger partial charge in [-0.2, -0.15) is 0 Å². The third kappa shape index (κ3) is 4.85. The van der Waals surface area contributed by atoms with Crippen LogP contribution in [0.4, 0.5) is 5.69 Å². The highest BCUT2D eigenvalue weighted by Gasteiger charge is 2.17. The number of hydrogen-bond acceptors (Lipinski definition) is 4. The predicted molar refractivity (Wildman–Crippen MR) is 96.8 cm³/mol. The van der Waals surface area contributed by atoms with E-state index in [-0.39, 0.29) is 12.4 Å². The molecule has 0 unspecified atom stereocenters. The number of para-hydroxylation sites is 1. The third-order valence-electron chi connectivity index (χ3n) is 4.12. The summed E-state index contributed by atoms with van der Waals surface area (Å²) in [6.07, 6.45) is 1.76. The first-order chi connectivity index (χ1) is 10.8. The molecule has 23 heavy (non-hydrogen) atoms. The molecule has 1 aromatic carbocycles. The number of ether oxygens (including phenoxy) is 1. The zero-order valence-electron chi connectivity index (χ0n) is 13.5. The van der Waals surface area contributed by atoms with Crippen molar-refractivity contribution in [2.24, 2.45) is 0 Å². The number of nitrogens with zero attached hydrogens (tertiary/aromatic N) is 3. The number of aryl methyl sites for hydroxylation is 1. The molecule has 3 rings (SSSR count). The van der Waals surface area contributed by atoms with Gasteiger partial charge in [-0.15, -0.1) is 12.4 Å². The maximum absolute atomic E-state index is 5.67. The minimum atomic E-state index is 0. The average Bonchev–Trinajstić information content (AvgIpc) is 2.57. The van der Waals surface area contributed by atoms with Gasteiger partial charge in [0.2, 0.25) is 5.88 Å². The van der Waals surface area contributed by atoms with Crippen LogP contribution in [-0.2, 0) is 0 Å². The van der Waals surface area contributed by atoms with E-state index >= 15 is 0 Å². The fourth-order valence-corrected chi connectivity index (χ4v) is 2.84. The number of piperazine rings is 1. The van der Waals surface area contributed by atoms with E-state index < -0.39 is 0 Å². The molecule has 1 saturated heterocycles. The second-order valence-corrected chi connectivity index (χ2v) is 5.63. The van der Waals surface area contributed by atoms with Gasteiger partial charge >= 0.3 is 0 Å². The molecule has 5 heteroatoms. The number of pyridine rings is 1. The maximum atomic E-state index is 5.67. The fraction of sp³-hybridized carbons (Fsp3) is 0.389. The summed E-state index contributed by atoms with van der Waals surface area (Å²) in [5.74, 6) is 0.709. The molecule has 0 N–H and O–H groups in total. The van der Waals surface area contributed by atoms with E-state index in [9.17, 15) is 0 Å². The van der Waals surface area contributed by atoms with Gasteiger partial charge in [0.25, 0.3) is 0 Å². The van der Waals surface area contributed by atoms with Crippen molar-refractivity contribution in [3.8, 4) is 5.88 Å². The van der Waals surface area contributed by atoms with Crippen LogP contribution in [-0.4, -0.2) is 49.2 Å². The first-order valence-corrected chi connectivity index (χ1v) is 7.90. The molecule has 1 fully saturated rings. The molecule has 0 spiro atoms. The summed E-state index contributed by atoms with van der Waals surface area (Å²) in [6.45, 7) is 8.16. The molecule has 124 valence electrons. The summed E-state index contributed by atoms with van der Waals surface area (Å²) in [7, 11) is 0. The van der Waals surface area contributed by atoms with Crippen molar-refractivity contribution in [1.82, 2.24) is 9.88 Å². The smallest absolute Gasteiger partial charge is 0.213 e. The van der Waals surface area contributed by atoms with Gasteiger partial charge in [-0.3, -0.25) is 4.90 Å². The van der Waals surface area contributed by atoms with Crippen molar-refractivity contribution in [3.63, 3.8) is 0 Å². The van der Waals surface area contributed by atoms with Gasteiger partial charge < -0.3 is 9.64 Å². The standard InChI is InChI=1S/C18H23N3O.ClH/c1-16-6-2-3-7-17(16)21-12-10-20(11-13-21)14-15-22-18-8-4-5-9-19-18;/h2-9H,10-15H2,1H3;1H. The van der Waals surface area contributed by atoms with Crippen LogP contribution in [0.5, 0.6) is 5.88 Å². The van der Waals surface area contributed by atoms with E-state index in [1.165, 1.54) is 11.3 Å². The van der Waals surface area contributed by atoms with Crippen LogP contribution >= 0.6 is 12.4 Å². The first-order valence-electron chi connectivity index (χ1n) is 7.90. The van der Waals surface area contributed by atoms with Gasteiger partial charge in [-0.05, 0) is 24.6 Å². The minimum Gasteiger partial charge on any atom is -0.476 e. The lowest BCUT2D eigenvalue weighted by Crippen LogP contribution is -2.47. The summed E-state index contributed by atoms with van der Waals surface area (Å²) in [5, 5.41) is 0. The lowest BCUT2D eigenvalue weighted by atomic mass is 10.1. The number of aromatic nitrogens is 1. The Bertz CT molecular complexity index is 586. The molecule has 1 aliphatic heterocycles. The highest BCUT2D eigenvalue weighted by atomic mass is 35.5. The second kappa shape index (κ2) is 8.75. The number of anilines is 1. The summed E-state index contributed by atoms with van der Waals surface area (Å²) in [6, 6.07) is 14.4. The SMILES string of the molecule is Cc1ccccc1N1CCN(CCOc2ccccn2)CC1.Cl. The summed E-state index contributed by atoms with van der Waals surface area (Å²) in [5.41, 5.74) is 2.72. The zero-order valence-corrected chi connectivity index (χ0v) is 14.3. The molecule has 2 heterocycles. The Morgan fingerprint density at radius 3 is 2.43 bits per heavy atom. The number of halogens is 1. The number of benzene rings is 1. The maximum Gasteiger partial charge on any atom is 0.213 e. The molecule has 0 radical (unpaired) electrons. The van der Waals surface area contributed by atoms with Crippen LogP contribution in [0.25, 0.3) is 0 Å². The van der Waals surface area contributed by atoms with Crippen molar-refractivity contribution < 1.29 is 4.74 Å². The van der Waals surface area contributed by atoms with E-state index in [4.69, 9.17) is 4.74 Å². The van der Waals surface area contributed by atoms with Gasteiger partial charge in [0, 0.05) is 50.7 Å². The van der Waals surface area contributed by atoms with Crippen LogP contribution in [0.2, 0.25) is 0 Å². The summed E-state index contributed by atoms with van der Waals surface area (Å²) < 4.78 is 5.67. The van der Waals surface area contributed by atoms with E-state index in [0.717, 1.165) is 32.7 Å². The normalized spacial score (nSPS) is 15.1. The highest BCUT2D eigenvalue weighted by molar-refractivity contribution is 5.85. The van der Waals surface area contributed by atoms with Crippen molar-refractivity contribution in [3.05, 3.63) is 54.2 Å². The molecule has 0 aliphatic carbocycles. The Kier molecular flexibility index (Phi) is 6.68. The Morgan fingerprint density at radius 2 is 1.74 bits per heavy atom. The minimum absolute atomic E-state index is 0. The zero-order chi connectivity index (χ0) is 15.2. The quantitative estimate of drug-likeness (QED) is 0.841. The monoisotopic (exact) mass is 333 g/mol. The van der Waals surface area contributed by atoms with Crippen molar-refractivity contribution in [2.75, 3.05) is 44.2 Å². The molecule has 0 amide bonds. The molecule has 1 aromatic heterocycles. The van der Waals surface area contributed by atoms with Gasteiger partial charge in [0.15, 0.2) is 0 Å². The van der Waals surface area contributed by atoms with Crippen molar-refractivity contribution in [2.45, 2.75) is 6.92 Å². The molecule has 0 saturated carbocycles. The summed E-state index contributed by atoms with van der Waals surface area (Å²) in [4.78, 5) is 9.11. The Balaban J connectivity index is 0.00000192. The average molecular weight is 334 g/mol. The van der Waals surface area contributed by atoms with E-state index in [0.29, 0.717) is 12.5 Å². The lowest BCUT2D eigenvalue weighted by Gasteiger charge is -2.36. The van der Waals surface area contributed by atoms with Gasteiger partial charge in [-0.1, -0.05) is 24.3 Å². The van der Waals surface area contributed by atoms with Crippen LogP contribution in [0.1, 0.15) is 5.56 Å². The van der Waals surface area contributed by atoms with Gasteiger partial charge in [0.05, 0.1) is 0 Å². The molecule has 4 nitrogen and oxygen atoms in total. The lowest BCUT2D eigenvalue weighted by molar-refractivity contribution is 0.197. The van der Waals surface area contributed by atoms with E-state index in [2.05, 4.69) is 46.0 Å². The molecule has 0 atom stereocenters.